The molecule has 0 aliphatic carbocycles. The number of carbonyl (C=O) groups is 3. The Hall–Kier alpha value is -2.91. The smallest absolute Gasteiger partial charge is 0.387 e. The largest absolute Gasteiger partial charge is 0.435 e. The molecule has 10 heteroatoms. The molecule has 0 bridgehead atoms. The van der Waals surface area contributed by atoms with Crippen molar-refractivity contribution < 1.29 is 27.9 Å². The number of carbonyl (C=O) groups excluding carboxylic acids is 3. The molecule has 25 heavy (non-hydrogen) atoms. The van der Waals surface area contributed by atoms with Gasteiger partial charge in [-0.05, 0) is 12.1 Å². The summed E-state index contributed by atoms with van der Waals surface area (Å²) in [4.78, 5) is 37.2. The maximum Gasteiger partial charge on any atom is 0.387 e. The predicted molar refractivity (Wildman–Crippen MR) is 84.3 cm³/mol. The van der Waals surface area contributed by atoms with Gasteiger partial charge < -0.3 is 25.6 Å². The molecule has 1 aromatic rings. The summed E-state index contributed by atoms with van der Waals surface area (Å²) in [5.41, 5.74) is 0.229. The van der Waals surface area contributed by atoms with Crippen LogP contribution in [-0.4, -0.2) is 55.5 Å². The van der Waals surface area contributed by atoms with Crippen molar-refractivity contribution in [3.8, 4) is 5.75 Å². The maximum absolute atomic E-state index is 12.4. The number of piperazine rings is 1. The van der Waals surface area contributed by atoms with Gasteiger partial charge in [-0.15, -0.1) is 0 Å². The van der Waals surface area contributed by atoms with Crippen LogP contribution < -0.4 is 20.7 Å². The first-order chi connectivity index (χ1) is 11.9. The van der Waals surface area contributed by atoms with E-state index >= 15 is 0 Å². The molecule has 1 atom stereocenters. The van der Waals surface area contributed by atoms with Gasteiger partial charge in [0.1, 0.15) is 11.8 Å². The third-order valence-corrected chi connectivity index (χ3v) is 3.56. The van der Waals surface area contributed by atoms with Gasteiger partial charge in [-0.3, -0.25) is 9.59 Å². The van der Waals surface area contributed by atoms with Crippen LogP contribution in [0.2, 0.25) is 0 Å². The van der Waals surface area contributed by atoms with Crippen molar-refractivity contribution in [2.24, 2.45) is 0 Å². The number of hydrogen-bond acceptors (Lipinski definition) is 4. The number of alkyl halides is 2. The van der Waals surface area contributed by atoms with Crippen molar-refractivity contribution in [3.63, 3.8) is 0 Å². The fourth-order valence-electron chi connectivity index (χ4n) is 2.38. The Morgan fingerprint density at radius 1 is 1.44 bits per heavy atom. The first-order valence-corrected chi connectivity index (χ1v) is 7.51. The van der Waals surface area contributed by atoms with Gasteiger partial charge in [-0.2, -0.15) is 8.78 Å². The van der Waals surface area contributed by atoms with Gasteiger partial charge >= 0.3 is 12.6 Å². The van der Waals surface area contributed by atoms with Gasteiger partial charge in [0, 0.05) is 31.9 Å². The predicted octanol–water partition coefficient (Wildman–Crippen LogP) is 0.756. The second-order valence-electron chi connectivity index (χ2n) is 5.21. The van der Waals surface area contributed by atoms with Crippen molar-refractivity contribution in [3.05, 3.63) is 24.3 Å². The van der Waals surface area contributed by atoms with Crippen LogP contribution in [0.5, 0.6) is 5.75 Å². The molecule has 1 saturated heterocycles. The minimum absolute atomic E-state index is 0.105. The molecule has 4 amide bonds. The summed E-state index contributed by atoms with van der Waals surface area (Å²) in [6.45, 7) is -2.51. The highest BCUT2D eigenvalue weighted by molar-refractivity contribution is 5.96. The van der Waals surface area contributed by atoms with Crippen LogP contribution in [0, 0.1) is 0 Å². The maximum atomic E-state index is 12.4. The molecule has 1 aliphatic heterocycles. The van der Waals surface area contributed by atoms with Gasteiger partial charge in [0.2, 0.25) is 11.8 Å². The van der Waals surface area contributed by atoms with Crippen LogP contribution in [0.4, 0.5) is 19.3 Å². The van der Waals surface area contributed by atoms with E-state index in [0.717, 1.165) is 0 Å². The molecular formula is C15H18F2N4O4. The summed E-state index contributed by atoms with van der Waals surface area (Å²) in [5, 5.41) is 7.52. The van der Waals surface area contributed by atoms with E-state index in [2.05, 4.69) is 20.7 Å². The molecule has 1 fully saturated rings. The molecule has 2 rings (SSSR count). The Bertz CT molecular complexity index is 656. The van der Waals surface area contributed by atoms with E-state index in [4.69, 9.17) is 0 Å². The summed E-state index contributed by atoms with van der Waals surface area (Å²) in [5.74, 6) is -0.918. The van der Waals surface area contributed by atoms with Gasteiger partial charge in [0.15, 0.2) is 0 Å². The number of nitrogens with one attached hydrogen (secondary N) is 3. The number of ether oxygens (including phenoxy) is 1. The van der Waals surface area contributed by atoms with Gasteiger partial charge in [-0.25, -0.2) is 4.79 Å². The summed E-state index contributed by atoms with van der Waals surface area (Å²) in [7, 11) is 1.43. The van der Waals surface area contributed by atoms with E-state index < -0.39 is 24.6 Å². The average Bonchev–Trinajstić information content (AvgIpc) is 2.56. The van der Waals surface area contributed by atoms with Crippen molar-refractivity contribution in [1.82, 2.24) is 15.5 Å². The van der Waals surface area contributed by atoms with Crippen LogP contribution in [0.25, 0.3) is 0 Å². The van der Waals surface area contributed by atoms with E-state index in [-0.39, 0.29) is 36.9 Å². The number of urea groups is 1. The number of benzene rings is 1. The molecule has 0 unspecified atom stereocenters. The minimum Gasteiger partial charge on any atom is -0.435 e. The van der Waals surface area contributed by atoms with Crippen molar-refractivity contribution >= 4 is 23.5 Å². The van der Waals surface area contributed by atoms with Crippen molar-refractivity contribution in [2.75, 3.05) is 25.5 Å². The van der Waals surface area contributed by atoms with Gasteiger partial charge in [0.25, 0.3) is 0 Å². The van der Waals surface area contributed by atoms with E-state index in [1.165, 1.54) is 36.2 Å². The Morgan fingerprint density at radius 2 is 2.20 bits per heavy atom. The lowest BCUT2D eigenvalue weighted by Gasteiger charge is -2.34. The summed E-state index contributed by atoms with van der Waals surface area (Å²) in [6.07, 6.45) is -0.176. The molecule has 1 heterocycles. The van der Waals surface area contributed by atoms with Crippen LogP contribution in [0.1, 0.15) is 6.42 Å². The Balaban J connectivity index is 2.09. The van der Waals surface area contributed by atoms with Gasteiger partial charge in [0.05, 0.1) is 6.42 Å². The Kier molecular flexibility index (Phi) is 6.09. The number of rotatable bonds is 5. The van der Waals surface area contributed by atoms with E-state index in [0.29, 0.717) is 0 Å². The minimum atomic E-state index is -2.98. The first kappa shape index (κ1) is 18.4. The highest BCUT2D eigenvalue weighted by atomic mass is 19.3. The molecular weight excluding hydrogens is 338 g/mol. The van der Waals surface area contributed by atoms with Gasteiger partial charge in [-0.1, -0.05) is 6.07 Å². The lowest BCUT2D eigenvalue weighted by Crippen LogP contribution is -2.59. The Morgan fingerprint density at radius 3 is 2.88 bits per heavy atom. The second-order valence-corrected chi connectivity index (χ2v) is 5.21. The third-order valence-electron chi connectivity index (χ3n) is 3.56. The topological polar surface area (TPSA) is 99.8 Å². The Labute approximate surface area is 142 Å². The zero-order valence-electron chi connectivity index (χ0n) is 13.4. The summed E-state index contributed by atoms with van der Waals surface area (Å²) in [6, 6.07) is 3.94. The van der Waals surface area contributed by atoms with E-state index in [1.54, 1.807) is 0 Å². The number of anilines is 1. The quantitative estimate of drug-likeness (QED) is 0.725. The molecule has 1 aliphatic rings. The van der Waals surface area contributed by atoms with Crippen LogP contribution in [-0.2, 0) is 9.59 Å². The molecule has 1 aromatic carbocycles. The third kappa shape index (κ3) is 5.03. The summed E-state index contributed by atoms with van der Waals surface area (Å²) < 4.78 is 28.8. The molecule has 8 nitrogen and oxygen atoms in total. The van der Waals surface area contributed by atoms with Crippen LogP contribution in [0.3, 0.4) is 0 Å². The number of halogens is 2. The zero-order chi connectivity index (χ0) is 18.4. The normalized spacial score (nSPS) is 17.0. The van der Waals surface area contributed by atoms with E-state index in [9.17, 15) is 23.2 Å². The molecule has 3 N–H and O–H groups in total. The summed E-state index contributed by atoms with van der Waals surface area (Å²) >= 11 is 0. The fourth-order valence-corrected chi connectivity index (χ4v) is 2.38. The monoisotopic (exact) mass is 356 g/mol. The second kappa shape index (κ2) is 8.27. The average molecular weight is 356 g/mol. The lowest BCUT2D eigenvalue weighted by atomic mass is 10.1. The number of amides is 4. The standard InChI is InChI=1S/C15H18F2N4O4/c1-18-12(22)8-11-13(23)19-5-6-21(11)15(24)20-9-3-2-4-10(7-9)25-14(16)17/h2-4,7,11,14H,5-6,8H2,1H3,(H,18,22)(H,19,23)(H,20,24)/t11-/m0/s1. The molecule has 136 valence electrons. The number of hydrogen-bond donors (Lipinski definition) is 3. The first-order valence-electron chi connectivity index (χ1n) is 7.51. The zero-order valence-corrected chi connectivity index (χ0v) is 13.4. The van der Waals surface area contributed by atoms with Crippen LogP contribution >= 0.6 is 0 Å². The molecule has 0 aromatic heterocycles. The molecule has 0 radical (unpaired) electrons. The number of nitrogens with zero attached hydrogens (tertiary/aromatic N) is 1. The van der Waals surface area contributed by atoms with E-state index in [1.807, 2.05) is 0 Å². The molecule has 0 spiro atoms. The molecule has 0 saturated carbocycles. The van der Waals surface area contributed by atoms with Crippen molar-refractivity contribution in [1.29, 1.82) is 0 Å². The SMILES string of the molecule is CNC(=O)C[C@H]1C(=O)NCCN1C(=O)Nc1cccc(OC(F)F)c1. The van der Waals surface area contributed by atoms with Crippen LogP contribution in [0.15, 0.2) is 24.3 Å². The fraction of sp³-hybridized carbons (Fsp3) is 0.400. The lowest BCUT2D eigenvalue weighted by molar-refractivity contribution is -0.132. The highest BCUT2D eigenvalue weighted by Crippen LogP contribution is 2.20. The highest BCUT2D eigenvalue weighted by Gasteiger charge is 2.34. The van der Waals surface area contributed by atoms with Crippen molar-refractivity contribution in [2.45, 2.75) is 19.1 Å².